The van der Waals surface area contributed by atoms with E-state index < -0.39 is 0 Å². The molecule has 2 bridgehead atoms. The quantitative estimate of drug-likeness (QED) is 0.448. The normalized spacial score (nSPS) is 20.1. The van der Waals surface area contributed by atoms with Gasteiger partial charge in [0.15, 0.2) is 0 Å². The second kappa shape index (κ2) is 11.8. The van der Waals surface area contributed by atoms with Crippen molar-refractivity contribution in [1.82, 2.24) is 5.32 Å². The van der Waals surface area contributed by atoms with E-state index in [1.807, 2.05) is 24.3 Å². The molecule has 0 spiro atoms. The number of carbonyl (C=O) groups is 1. The van der Waals surface area contributed by atoms with Crippen LogP contribution in [0, 0.1) is 11.7 Å². The fourth-order valence-corrected chi connectivity index (χ4v) is 5.68. The molecule has 0 radical (unpaired) electrons. The highest BCUT2D eigenvalue weighted by molar-refractivity contribution is 6.44. The highest BCUT2D eigenvalue weighted by Crippen LogP contribution is 2.32. The van der Waals surface area contributed by atoms with Crippen LogP contribution in [0.4, 0.5) is 4.39 Å². The third-order valence-electron chi connectivity index (χ3n) is 7.73. The minimum atomic E-state index is -0.212. The van der Waals surface area contributed by atoms with Crippen molar-refractivity contribution in [2.45, 2.75) is 83.1 Å². The van der Waals surface area contributed by atoms with Gasteiger partial charge in [-0.3, -0.25) is 9.79 Å². The zero-order chi connectivity index (χ0) is 24.7. The maximum absolute atomic E-state index is 14.0. The number of halogens is 1. The fraction of sp³-hybridized carbons (Fsp3) is 0.452. The van der Waals surface area contributed by atoms with E-state index in [9.17, 15) is 9.18 Å². The molecule has 1 fully saturated rings. The molecule has 188 valence electrons. The van der Waals surface area contributed by atoms with Crippen LogP contribution in [0.1, 0.15) is 80.9 Å². The van der Waals surface area contributed by atoms with Crippen molar-refractivity contribution >= 4 is 23.2 Å². The largest absolute Gasteiger partial charge is 0.309 e. The van der Waals surface area contributed by atoms with Gasteiger partial charge in [-0.2, -0.15) is 0 Å². The fourth-order valence-electron chi connectivity index (χ4n) is 5.68. The van der Waals surface area contributed by atoms with Crippen LogP contribution >= 0.6 is 0 Å². The first kappa shape index (κ1) is 24.6. The Kier molecular flexibility index (Phi) is 8.04. The maximum atomic E-state index is 14.0. The summed E-state index contributed by atoms with van der Waals surface area (Å²) in [5.74, 6) is 1.09. The van der Waals surface area contributed by atoms with Gasteiger partial charge >= 0.3 is 0 Å². The summed E-state index contributed by atoms with van der Waals surface area (Å²) in [4.78, 5) is 23.1. The van der Waals surface area contributed by atoms with Gasteiger partial charge in [0.25, 0.3) is 0 Å². The molecule has 2 aromatic carbocycles. The van der Waals surface area contributed by atoms with Crippen molar-refractivity contribution in [3.63, 3.8) is 0 Å². The zero-order valence-corrected chi connectivity index (χ0v) is 21.0. The number of aliphatic imine (C=N–C) groups is 2. The topological polar surface area (TPSA) is 53.8 Å². The van der Waals surface area contributed by atoms with E-state index >= 15 is 0 Å². The lowest BCUT2D eigenvalue weighted by atomic mass is 9.93. The zero-order valence-electron chi connectivity index (χ0n) is 21.0. The number of hydrogen-bond acceptors (Lipinski definition) is 3. The molecule has 1 saturated carbocycles. The third-order valence-corrected chi connectivity index (χ3v) is 7.73. The lowest BCUT2D eigenvalue weighted by Gasteiger charge is -2.18. The van der Waals surface area contributed by atoms with Gasteiger partial charge in [0, 0.05) is 12.0 Å². The van der Waals surface area contributed by atoms with Gasteiger partial charge in [0.05, 0.1) is 17.5 Å². The van der Waals surface area contributed by atoms with Gasteiger partial charge < -0.3 is 5.32 Å². The Morgan fingerprint density at radius 3 is 2.58 bits per heavy atom. The van der Waals surface area contributed by atoms with Crippen molar-refractivity contribution in [1.29, 1.82) is 0 Å². The van der Waals surface area contributed by atoms with Gasteiger partial charge in [-0.15, -0.1) is 0 Å². The lowest BCUT2D eigenvalue weighted by Crippen LogP contribution is -2.37. The average molecular weight is 486 g/mol. The van der Waals surface area contributed by atoms with E-state index in [1.54, 1.807) is 6.07 Å². The van der Waals surface area contributed by atoms with Crippen LogP contribution in [0.25, 0.3) is 5.70 Å². The molecule has 1 heterocycles. The molecule has 0 aromatic heterocycles. The monoisotopic (exact) mass is 485 g/mol. The minimum absolute atomic E-state index is 0.0264. The van der Waals surface area contributed by atoms with Crippen LogP contribution in [-0.4, -0.2) is 23.5 Å². The number of rotatable bonds is 6. The van der Waals surface area contributed by atoms with E-state index in [1.165, 1.54) is 44.6 Å². The first-order valence-electron chi connectivity index (χ1n) is 13.6. The Morgan fingerprint density at radius 1 is 0.972 bits per heavy atom. The lowest BCUT2D eigenvalue weighted by molar-refractivity contribution is -0.119. The van der Waals surface area contributed by atoms with Crippen LogP contribution in [0.15, 0.2) is 64.6 Å². The Labute approximate surface area is 213 Å². The summed E-state index contributed by atoms with van der Waals surface area (Å²) in [5.41, 5.74) is 4.84. The second-order valence-electron chi connectivity index (χ2n) is 10.4. The average Bonchev–Trinajstić information content (AvgIpc) is 3.32. The highest BCUT2D eigenvalue weighted by Gasteiger charge is 2.25. The highest BCUT2D eigenvalue weighted by atomic mass is 19.1. The number of hydrogen-bond donors (Lipinski definition) is 1. The second-order valence-corrected chi connectivity index (χ2v) is 10.4. The van der Waals surface area contributed by atoms with E-state index in [2.05, 4.69) is 23.5 Å². The number of carbonyl (C=O) groups excluding carboxylic acids is 1. The summed E-state index contributed by atoms with van der Waals surface area (Å²) in [7, 11) is 0. The molecular formula is C31H36FN3O. The Morgan fingerprint density at radius 2 is 1.78 bits per heavy atom. The van der Waals surface area contributed by atoms with Gasteiger partial charge in [0.2, 0.25) is 5.91 Å². The molecule has 1 unspecified atom stereocenters. The summed E-state index contributed by atoms with van der Waals surface area (Å²) in [6, 6.07) is 15.0. The number of benzene rings is 2. The predicted octanol–water partition coefficient (Wildman–Crippen LogP) is 6.83. The molecule has 1 N–H and O–H groups in total. The molecule has 3 aliphatic rings. The van der Waals surface area contributed by atoms with Gasteiger partial charge in [-0.1, -0.05) is 68.9 Å². The summed E-state index contributed by atoms with van der Waals surface area (Å²) in [6.07, 6.45) is 14.4. The van der Waals surface area contributed by atoms with Crippen LogP contribution in [0.2, 0.25) is 0 Å². The third kappa shape index (κ3) is 6.37. The smallest absolute Gasteiger partial charge is 0.225 e. The number of nitrogens with one attached hydrogen (secondary N) is 1. The van der Waals surface area contributed by atoms with Gasteiger partial charge in [-0.25, -0.2) is 9.38 Å². The molecule has 1 atom stereocenters. The number of nitrogens with zero attached hydrogens (tertiary/aromatic N) is 2. The number of amides is 1. The van der Waals surface area contributed by atoms with Gasteiger partial charge in [-0.05, 0) is 73.4 Å². The molecule has 5 heteroatoms. The molecule has 36 heavy (non-hydrogen) atoms. The first-order valence-corrected chi connectivity index (χ1v) is 13.6. The SMILES string of the molecule is O=C(CCc1ccccc1)NC1=NC2C=C(N=C1CCC1CCCCCC1)c1ccc(F)cc1CC2. The summed E-state index contributed by atoms with van der Waals surface area (Å²) < 4.78 is 14.0. The number of amidine groups is 1. The van der Waals surface area contributed by atoms with Crippen molar-refractivity contribution < 1.29 is 9.18 Å². The van der Waals surface area contributed by atoms with Crippen LogP contribution < -0.4 is 5.32 Å². The van der Waals surface area contributed by atoms with Crippen LogP contribution in [0.3, 0.4) is 0 Å². The van der Waals surface area contributed by atoms with Gasteiger partial charge in [0.1, 0.15) is 11.7 Å². The molecular weight excluding hydrogens is 449 g/mol. The molecule has 1 amide bonds. The first-order chi connectivity index (χ1) is 17.6. The van der Waals surface area contributed by atoms with E-state index in [4.69, 9.17) is 9.98 Å². The minimum Gasteiger partial charge on any atom is -0.309 e. The molecule has 0 saturated heterocycles. The predicted molar refractivity (Wildman–Crippen MR) is 145 cm³/mol. The van der Waals surface area contributed by atoms with Crippen LogP contribution in [0.5, 0.6) is 0 Å². The van der Waals surface area contributed by atoms with Crippen molar-refractivity contribution in [3.05, 3.63) is 77.1 Å². The Bertz CT molecular complexity index is 1160. The number of fused-ring (bicyclic) bond motifs is 3. The summed E-state index contributed by atoms with van der Waals surface area (Å²) in [5, 5.41) is 3.13. The molecule has 1 aliphatic heterocycles. The van der Waals surface area contributed by atoms with Crippen molar-refractivity contribution in [3.8, 4) is 0 Å². The van der Waals surface area contributed by atoms with E-state index in [0.29, 0.717) is 24.6 Å². The number of aryl methyl sites for hydroxylation is 2. The maximum Gasteiger partial charge on any atom is 0.225 e. The van der Waals surface area contributed by atoms with Crippen molar-refractivity contribution in [2.75, 3.05) is 0 Å². The van der Waals surface area contributed by atoms with E-state index in [-0.39, 0.29) is 17.8 Å². The standard InChI is InChI=1S/C31H36FN3O/c32-25-15-17-27-24(20-25)14-16-26-21-29(27)34-28(18-12-22-8-4-1-2-5-9-22)31(33-26)35-30(36)19-13-23-10-6-3-7-11-23/h3,6-7,10-11,15,17,20-22,26H,1-2,4-5,8-9,12-14,16,18-19H2,(H,33,35,36). The Hall–Kier alpha value is -3.08. The molecule has 4 nitrogen and oxygen atoms in total. The summed E-state index contributed by atoms with van der Waals surface area (Å²) >= 11 is 0. The molecule has 2 aliphatic carbocycles. The van der Waals surface area contributed by atoms with E-state index in [0.717, 1.165) is 53.8 Å². The molecule has 2 aromatic rings. The molecule has 5 rings (SSSR count). The Balaban J connectivity index is 1.37. The van der Waals surface area contributed by atoms with Crippen LogP contribution in [-0.2, 0) is 17.6 Å². The summed E-state index contributed by atoms with van der Waals surface area (Å²) in [6.45, 7) is 0. The van der Waals surface area contributed by atoms with Crippen molar-refractivity contribution in [2.24, 2.45) is 15.9 Å².